The second-order valence-corrected chi connectivity index (χ2v) is 6.99. The van der Waals surface area contributed by atoms with Crippen LogP contribution in [0.3, 0.4) is 0 Å². The van der Waals surface area contributed by atoms with Crippen LogP contribution in [0.15, 0.2) is 66.7 Å². The van der Waals surface area contributed by atoms with Gasteiger partial charge in [-0.3, -0.25) is 9.59 Å². The lowest BCUT2D eigenvalue weighted by Crippen LogP contribution is -2.31. The lowest BCUT2D eigenvalue weighted by atomic mass is 10.1. The summed E-state index contributed by atoms with van der Waals surface area (Å²) in [7, 11) is 0. The molecule has 0 saturated heterocycles. The summed E-state index contributed by atoms with van der Waals surface area (Å²) in [6, 6.07) is 21.4. The van der Waals surface area contributed by atoms with E-state index in [-0.39, 0.29) is 24.5 Å². The fourth-order valence-electron chi connectivity index (χ4n) is 3.03. The van der Waals surface area contributed by atoms with Crippen LogP contribution >= 0.6 is 0 Å². The van der Waals surface area contributed by atoms with Crippen LogP contribution in [0.2, 0.25) is 0 Å². The Morgan fingerprint density at radius 3 is 2.32 bits per heavy atom. The SMILES string of the molecule is O=C(COc1cc2ccccc2cc1C(=O)NCc1ccccc1)NC1CC1. The lowest BCUT2D eigenvalue weighted by molar-refractivity contribution is -0.123. The molecule has 2 N–H and O–H groups in total. The molecule has 1 aliphatic rings. The molecule has 1 saturated carbocycles. The molecule has 1 aliphatic carbocycles. The van der Waals surface area contributed by atoms with Crippen LogP contribution in [0.1, 0.15) is 28.8 Å². The summed E-state index contributed by atoms with van der Waals surface area (Å²) >= 11 is 0. The molecule has 0 spiro atoms. The van der Waals surface area contributed by atoms with E-state index in [4.69, 9.17) is 4.74 Å². The highest BCUT2D eigenvalue weighted by atomic mass is 16.5. The van der Waals surface area contributed by atoms with Crippen molar-refractivity contribution in [1.82, 2.24) is 10.6 Å². The van der Waals surface area contributed by atoms with Crippen LogP contribution in [-0.2, 0) is 11.3 Å². The number of carbonyl (C=O) groups excluding carboxylic acids is 2. The Bertz CT molecular complexity index is 997. The average Bonchev–Trinajstić information content (AvgIpc) is 3.54. The first-order valence-corrected chi connectivity index (χ1v) is 9.46. The minimum absolute atomic E-state index is 0.103. The van der Waals surface area contributed by atoms with Gasteiger partial charge in [0.15, 0.2) is 6.61 Å². The molecular weight excluding hydrogens is 352 g/mol. The van der Waals surface area contributed by atoms with E-state index < -0.39 is 0 Å². The molecule has 3 aromatic rings. The molecule has 3 aromatic carbocycles. The molecule has 1 fully saturated rings. The third-order valence-corrected chi connectivity index (χ3v) is 4.69. The van der Waals surface area contributed by atoms with Crippen molar-refractivity contribution in [2.24, 2.45) is 0 Å². The minimum atomic E-state index is -0.229. The Labute approximate surface area is 163 Å². The van der Waals surface area contributed by atoms with Crippen molar-refractivity contribution in [3.05, 3.63) is 77.9 Å². The molecule has 0 aliphatic heterocycles. The van der Waals surface area contributed by atoms with Crippen LogP contribution in [0.4, 0.5) is 0 Å². The van der Waals surface area contributed by atoms with Gasteiger partial charge in [-0.1, -0.05) is 54.6 Å². The van der Waals surface area contributed by atoms with Gasteiger partial charge in [0.1, 0.15) is 5.75 Å². The largest absolute Gasteiger partial charge is 0.483 e. The maximum Gasteiger partial charge on any atom is 0.258 e. The Kier molecular flexibility index (Phi) is 5.24. The fourth-order valence-corrected chi connectivity index (χ4v) is 3.03. The number of hydrogen-bond acceptors (Lipinski definition) is 3. The van der Waals surface area contributed by atoms with Crippen molar-refractivity contribution in [2.45, 2.75) is 25.4 Å². The van der Waals surface area contributed by atoms with Gasteiger partial charge >= 0.3 is 0 Å². The summed E-state index contributed by atoms with van der Waals surface area (Å²) < 4.78 is 5.74. The van der Waals surface area contributed by atoms with Gasteiger partial charge in [0.2, 0.25) is 0 Å². The normalized spacial score (nSPS) is 13.1. The van der Waals surface area contributed by atoms with Gasteiger partial charge in [-0.25, -0.2) is 0 Å². The quantitative estimate of drug-likeness (QED) is 0.666. The summed E-state index contributed by atoms with van der Waals surface area (Å²) in [6.45, 7) is 0.321. The van der Waals surface area contributed by atoms with Gasteiger partial charge < -0.3 is 15.4 Å². The van der Waals surface area contributed by atoms with Crippen molar-refractivity contribution in [3.63, 3.8) is 0 Å². The van der Waals surface area contributed by atoms with E-state index in [2.05, 4.69) is 10.6 Å². The van der Waals surface area contributed by atoms with E-state index in [1.807, 2.05) is 66.7 Å². The molecule has 2 amide bonds. The second kappa shape index (κ2) is 8.13. The predicted molar refractivity (Wildman–Crippen MR) is 108 cm³/mol. The van der Waals surface area contributed by atoms with Crippen molar-refractivity contribution in [2.75, 3.05) is 6.61 Å². The molecule has 142 valence electrons. The van der Waals surface area contributed by atoms with E-state index in [0.29, 0.717) is 17.9 Å². The molecule has 0 heterocycles. The van der Waals surface area contributed by atoms with Gasteiger partial charge in [-0.05, 0) is 41.3 Å². The number of benzene rings is 3. The predicted octanol–water partition coefficient (Wildman–Crippen LogP) is 3.43. The van der Waals surface area contributed by atoms with Gasteiger partial charge in [0.25, 0.3) is 11.8 Å². The second-order valence-electron chi connectivity index (χ2n) is 6.99. The fraction of sp³-hybridized carbons (Fsp3) is 0.217. The monoisotopic (exact) mass is 374 g/mol. The highest BCUT2D eigenvalue weighted by Crippen LogP contribution is 2.26. The first-order valence-electron chi connectivity index (χ1n) is 9.46. The number of nitrogens with one attached hydrogen (secondary N) is 2. The molecule has 5 heteroatoms. The maximum absolute atomic E-state index is 12.8. The van der Waals surface area contributed by atoms with Crippen LogP contribution in [0, 0.1) is 0 Å². The highest BCUT2D eigenvalue weighted by molar-refractivity contribution is 6.01. The molecule has 28 heavy (non-hydrogen) atoms. The standard InChI is InChI=1S/C23H22N2O3/c26-22(25-19-10-11-19)15-28-21-13-18-9-5-4-8-17(18)12-20(21)23(27)24-14-16-6-2-1-3-7-16/h1-9,12-13,19H,10-11,14-15H2,(H,24,27)(H,25,26). The zero-order valence-electron chi connectivity index (χ0n) is 15.5. The van der Waals surface area contributed by atoms with E-state index in [1.54, 1.807) is 0 Å². The Balaban J connectivity index is 1.53. The summed E-state index contributed by atoms with van der Waals surface area (Å²) in [5.74, 6) is 0.0220. The number of hydrogen-bond donors (Lipinski definition) is 2. The maximum atomic E-state index is 12.8. The molecule has 0 radical (unpaired) electrons. The van der Waals surface area contributed by atoms with E-state index in [9.17, 15) is 9.59 Å². The topological polar surface area (TPSA) is 67.4 Å². The van der Waals surface area contributed by atoms with E-state index in [1.165, 1.54) is 0 Å². The van der Waals surface area contributed by atoms with Crippen LogP contribution < -0.4 is 15.4 Å². The van der Waals surface area contributed by atoms with Gasteiger partial charge in [0, 0.05) is 12.6 Å². The summed E-state index contributed by atoms with van der Waals surface area (Å²) in [4.78, 5) is 24.8. The zero-order chi connectivity index (χ0) is 19.3. The molecule has 0 atom stereocenters. The summed E-state index contributed by atoms with van der Waals surface area (Å²) in [5, 5.41) is 7.73. The zero-order valence-corrected chi connectivity index (χ0v) is 15.5. The third kappa shape index (κ3) is 4.49. The number of ether oxygens (including phenoxy) is 1. The Morgan fingerprint density at radius 2 is 1.61 bits per heavy atom. The Morgan fingerprint density at radius 1 is 0.929 bits per heavy atom. The highest BCUT2D eigenvalue weighted by Gasteiger charge is 2.23. The molecule has 0 unspecified atom stereocenters. The third-order valence-electron chi connectivity index (χ3n) is 4.69. The van der Waals surface area contributed by atoms with E-state index >= 15 is 0 Å². The lowest BCUT2D eigenvalue weighted by Gasteiger charge is -2.13. The molecule has 5 nitrogen and oxygen atoms in total. The van der Waals surface area contributed by atoms with Crippen LogP contribution in [-0.4, -0.2) is 24.5 Å². The van der Waals surface area contributed by atoms with Gasteiger partial charge in [-0.2, -0.15) is 0 Å². The number of fused-ring (bicyclic) bond motifs is 1. The number of amides is 2. The Hall–Kier alpha value is -3.34. The van der Waals surface area contributed by atoms with Crippen LogP contribution in [0.25, 0.3) is 10.8 Å². The first kappa shape index (κ1) is 18.0. The van der Waals surface area contributed by atoms with Gasteiger partial charge in [0.05, 0.1) is 5.56 Å². The van der Waals surface area contributed by atoms with Crippen molar-refractivity contribution >= 4 is 22.6 Å². The van der Waals surface area contributed by atoms with Crippen molar-refractivity contribution in [1.29, 1.82) is 0 Å². The number of carbonyl (C=O) groups is 2. The molecule has 4 rings (SSSR count). The molecule has 0 aromatic heterocycles. The minimum Gasteiger partial charge on any atom is -0.483 e. The summed E-state index contributed by atoms with van der Waals surface area (Å²) in [6.07, 6.45) is 2.05. The summed E-state index contributed by atoms with van der Waals surface area (Å²) in [5.41, 5.74) is 1.44. The smallest absolute Gasteiger partial charge is 0.258 e. The first-order chi connectivity index (χ1) is 13.7. The van der Waals surface area contributed by atoms with Gasteiger partial charge in [-0.15, -0.1) is 0 Å². The van der Waals surface area contributed by atoms with E-state index in [0.717, 1.165) is 29.2 Å². The van der Waals surface area contributed by atoms with Crippen molar-refractivity contribution < 1.29 is 14.3 Å². The van der Waals surface area contributed by atoms with Crippen LogP contribution in [0.5, 0.6) is 5.75 Å². The molecule has 0 bridgehead atoms. The average molecular weight is 374 g/mol. The molecular formula is C23H22N2O3. The van der Waals surface area contributed by atoms with Crippen molar-refractivity contribution in [3.8, 4) is 5.75 Å². The number of rotatable bonds is 7.